The van der Waals surface area contributed by atoms with Crippen LogP contribution >= 0.6 is 0 Å². The Balaban J connectivity index is 2.26. The lowest BCUT2D eigenvalue weighted by molar-refractivity contribution is 0.0682. The number of aromatic nitrogens is 2. The van der Waals surface area contributed by atoms with Crippen molar-refractivity contribution in [3.63, 3.8) is 0 Å². The lowest BCUT2D eigenvalue weighted by Gasteiger charge is -2.45. The molecule has 0 amide bonds. The summed E-state index contributed by atoms with van der Waals surface area (Å²) in [5.41, 5.74) is 6.71. The number of hydrogen-bond donors (Lipinski definition) is 1. The van der Waals surface area contributed by atoms with E-state index < -0.39 is 0 Å². The van der Waals surface area contributed by atoms with E-state index in [-0.39, 0.29) is 0 Å². The summed E-state index contributed by atoms with van der Waals surface area (Å²) in [6, 6.07) is 2.34. The summed E-state index contributed by atoms with van der Waals surface area (Å²) in [4.78, 5) is 0. The third-order valence-electron chi connectivity index (χ3n) is 3.58. The van der Waals surface area contributed by atoms with Gasteiger partial charge in [0, 0.05) is 0 Å². The molecule has 3 heteroatoms. The van der Waals surface area contributed by atoms with Crippen molar-refractivity contribution in [2.24, 2.45) is 10.8 Å². The van der Waals surface area contributed by atoms with E-state index in [1.54, 1.807) is 6.20 Å². The SMILES string of the molecule is CC1(C)CC(n2nccc2N)CC(C)(C)C1. The maximum atomic E-state index is 5.95. The Morgan fingerprint density at radius 2 is 1.81 bits per heavy atom. The van der Waals surface area contributed by atoms with E-state index in [0.717, 1.165) is 5.82 Å². The van der Waals surface area contributed by atoms with Gasteiger partial charge in [0.2, 0.25) is 0 Å². The summed E-state index contributed by atoms with van der Waals surface area (Å²) in [6.45, 7) is 9.39. The molecular weight excluding hydrogens is 198 g/mol. The summed E-state index contributed by atoms with van der Waals surface area (Å²) in [5.74, 6) is 0.790. The smallest absolute Gasteiger partial charge is 0.121 e. The van der Waals surface area contributed by atoms with Crippen molar-refractivity contribution in [3.8, 4) is 0 Å². The number of nitrogens with zero attached hydrogens (tertiary/aromatic N) is 2. The first-order valence-electron chi connectivity index (χ1n) is 6.08. The number of nitrogen functional groups attached to an aromatic ring is 1. The molecule has 1 aliphatic carbocycles. The van der Waals surface area contributed by atoms with Gasteiger partial charge in [0.15, 0.2) is 0 Å². The van der Waals surface area contributed by atoms with Crippen molar-refractivity contribution >= 4 is 5.82 Å². The van der Waals surface area contributed by atoms with E-state index in [1.165, 1.54) is 19.3 Å². The minimum atomic E-state index is 0.380. The minimum Gasteiger partial charge on any atom is -0.384 e. The molecule has 0 aromatic carbocycles. The highest BCUT2D eigenvalue weighted by molar-refractivity contribution is 5.27. The van der Waals surface area contributed by atoms with E-state index in [1.807, 2.05) is 10.7 Å². The summed E-state index contributed by atoms with van der Waals surface area (Å²) in [7, 11) is 0. The lowest BCUT2D eigenvalue weighted by atomic mass is 9.63. The van der Waals surface area contributed by atoms with E-state index in [4.69, 9.17) is 5.73 Å². The molecule has 0 unspecified atom stereocenters. The van der Waals surface area contributed by atoms with Crippen LogP contribution in [0.5, 0.6) is 0 Å². The second kappa shape index (κ2) is 3.51. The topological polar surface area (TPSA) is 43.8 Å². The monoisotopic (exact) mass is 221 g/mol. The van der Waals surface area contributed by atoms with Gasteiger partial charge < -0.3 is 5.73 Å². The van der Waals surface area contributed by atoms with Gasteiger partial charge in [-0.1, -0.05) is 27.7 Å². The number of rotatable bonds is 1. The maximum Gasteiger partial charge on any atom is 0.121 e. The van der Waals surface area contributed by atoms with Gasteiger partial charge in [-0.15, -0.1) is 0 Å². The Kier molecular flexibility index (Phi) is 2.52. The van der Waals surface area contributed by atoms with Crippen LogP contribution in [-0.4, -0.2) is 9.78 Å². The third-order valence-corrected chi connectivity index (χ3v) is 3.58. The van der Waals surface area contributed by atoms with Crippen LogP contribution in [0.2, 0.25) is 0 Å². The Morgan fingerprint density at radius 1 is 1.25 bits per heavy atom. The summed E-state index contributed by atoms with van der Waals surface area (Å²) in [6.07, 6.45) is 5.41. The first-order chi connectivity index (χ1) is 7.29. The number of nitrogens with two attached hydrogens (primary N) is 1. The van der Waals surface area contributed by atoms with Crippen molar-refractivity contribution in [1.29, 1.82) is 0 Å². The second-order valence-electron chi connectivity index (χ2n) is 6.77. The zero-order valence-electron chi connectivity index (χ0n) is 10.8. The molecule has 1 aromatic rings. The van der Waals surface area contributed by atoms with Gasteiger partial charge in [-0.2, -0.15) is 5.10 Å². The first-order valence-corrected chi connectivity index (χ1v) is 6.08. The van der Waals surface area contributed by atoms with Gasteiger partial charge >= 0.3 is 0 Å². The van der Waals surface area contributed by atoms with Crippen molar-refractivity contribution in [2.75, 3.05) is 5.73 Å². The molecule has 0 bridgehead atoms. The van der Waals surface area contributed by atoms with Crippen LogP contribution < -0.4 is 5.73 Å². The highest BCUT2D eigenvalue weighted by Gasteiger charge is 2.39. The van der Waals surface area contributed by atoms with Crippen LogP contribution in [0.1, 0.15) is 53.0 Å². The molecule has 0 aliphatic heterocycles. The second-order valence-corrected chi connectivity index (χ2v) is 6.77. The minimum absolute atomic E-state index is 0.380. The van der Waals surface area contributed by atoms with Crippen LogP contribution in [-0.2, 0) is 0 Å². The van der Waals surface area contributed by atoms with Crippen molar-refractivity contribution in [3.05, 3.63) is 12.3 Å². The molecule has 2 rings (SSSR count). The molecule has 0 atom stereocenters. The standard InChI is InChI=1S/C13H23N3/c1-12(2)7-10(8-13(3,4)9-12)16-11(14)5-6-15-16/h5-6,10H,7-9,14H2,1-4H3. The van der Waals surface area contributed by atoms with Crippen LogP contribution in [0, 0.1) is 10.8 Å². The highest BCUT2D eigenvalue weighted by atomic mass is 15.3. The van der Waals surface area contributed by atoms with Gasteiger partial charge in [-0.25, -0.2) is 4.68 Å². The quantitative estimate of drug-likeness (QED) is 0.791. The highest BCUT2D eigenvalue weighted by Crippen LogP contribution is 2.50. The van der Waals surface area contributed by atoms with Gasteiger partial charge in [0.1, 0.15) is 5.82 Å². The van der Waals surface area contributed by atoms with Crippen molar-refractivity contribution < 1.29 is 0 Å². The maximum absolute atomic E-state index is 5.95. The first kappa shape index (κ1) is 11.5. The largest absolute Gasteiger partial charge is 0.384 e. The molecule has 1 heterocycles. The fraction of sp³-hybridized carbons (Fsp3) is 0.769. The molecule has 1 saturated carbocycles. The molecule has 1 fully saturated rings. The van der Waals surface area contributed by atoms with Gasteiger partial charge in [0.25, 0.3) is 0 Å². The average Bonchev–Trinajstić information content (AvgIpc) is 2.45. The Bertz CT molecular complexity index is 360. The number of hydrogen-bond acceptors (Lipinski definition) is 2. The van der Waals surface area contributed by atoms with E-state index in [0.29, 0.717) is 16.9 Å². The van der Waals surface area contributed by atoms with Gasteiger partial charge in [-0.3, -0.25) is 0 Å². The molecule has 1 aromatic heterocycles. The van der Waals surface area contributed by atoms with Crippen molar-refractivity contribution in [2.45, 2.75) is 53.0 Å². The van der Waals surface area contributed by atoms with Crippen LogP contribution in [0.15, 0.2) is 12.3 Å². The Hall–Kier alpha value is -0.990. The fourth-order valence-electron chi connectivity index (χ4n) is 3.59. The average molecular weight is 221 g/mol. The normalized spacial score (nSPS) is 24.5. The van der Waals surface area contributed by atoms with Crippen LogP contribution in [0.4, 0.5) is 5.82 Å². The van der Waals surface area contributed by atoms with Crippen LogP contribution in [0.3, 0.4) is 0 Å². The van der Waals surface area contributed by atoms with Gasteiger partial charge in [0.05, 0.1) is 12.2 Å². The summed E-state index contributed by atoms with van der Waals surface area (Å²) >= 11 is 0. The van der Waals surface area contributed by atoms with Crippen molar-refractivity contribution in [1.82, 2.24) is 9.78 Å². The van der Waals surface area contributed by atoms with E-state index in [9.17, 15) is 0 Å². The van der Waals surface area contributed by atoms with Gasteiger partial charge in [-0.05, 0) is 36.2 Å². The molecule has 90 valence electrons. The molecule has 16 heavy (non-hydrogen) atoms. The Morgan fingerprint density at radius 3 is 2.25 bits per heavy atom. The molecule has 1 aliphatic rings. The molecule has 3 nitrogen and oxygen atoms in total. The van der Waals surface area contributed by atoms with Crippen LogP contribution in [0.25, 0.3) is 0 Å². The summed E-state index contributed by atoms with van der Waals surface area (Å²) in [5, 5.41) is 4.36. The zero-order chi connectivity index (χ0) is 12.0. The fourth-order valence-corrected chi connectivity index (χ4v) is 3.59. The predicted octanol–water partition coefficient (Wildman–Crippen LogP) is 3.24. The predicted molar refractivity (Wildman–Crippen MR) is 67.1 cm³/mol. The molecule has 0 radical (unpaired) electrons. The number of anilines is 1. The van der Waals surface area contributed by atoms with E-state index in [2.05, 4.69) is 32.8 Å². The van der Waals surface area contributed by atoms with E-state index >= 15 is 0 Å². The Labute approximate surface area is 98.0 Å². The molecular formula is C13H23N3. The molecule has 0 spiro atoms. The zero-order valence-corrected chi connectivity index (χ0v) is 10.8. The lowest BCUT2D eigenvalue weighted by Crippen LogP contribution is -2.35. The molecule has 0 saturated heterocycles. The molecule has 2 N–H and O–H groups in total. The summed E-state index contributed by atoms with van der Waals surface area (Å²) < 4.78 is 2.00. The third kappa shape index (κ3) is 2.23.